The van der Waals surface area contributed by atoms with Gasteiger partial charge in [0, 0.05) is 17.5 Å². The summed E-state index contributed by atoms with van der Waals surface area (Å²) in [6.45, 7) is 3.03. The second-order valence-corrected chi connectivity index (χ2v) is 6.17. The molecule has 24 heavy (non-hydrogen) atoms. The van der Waals surface area contributed by atoms with Crippen LogP contribution in [-0.4, -0.2) is 23.6 Å². The minimum absolute atomic E-state index is 0.0173. The lowest BCUT2D eigenvalue weighted by Crippen LogP contribution is -2.28. The van der Waals surface area contributed by atoms with E-state index in [-0.39, 0.29) is 17.4 Å². The van der Waals surface area contributed by atoms with Gasteiger partial charge in [-0.2, -0.15) is 0 Å². The smallest absolute Gasteiger partial charge is 0.395 e. The maximum atomic E-state index is 13.0. The fourth-order valence-electron chi connectivity index (χ4n) is 2.28. The van der Waals surface area contributed by atoms with Crippen LogP contribution in [-0.2, 0) is 11.3 Å². The molecule has 0 unspecified atom stereocenters. The zero-order chi connectivity index (χ0) is 17.2. The molecular formula is C17H15F2NO3S. The number of likely N-dealkylation sites (N-methyl/N-ethyl adjacent to an activating group) is 1. The maximum Gasteiger partial charge on any atom is 0.586 e. The number of alkyl halides is 2. The number of hydrogen-bond acceptors (Lipinski definition) is 4. The third-order valence-corrected chi connectivity index (χ3v) is 4.33. The van der Waals surface area contributed by atoms with Crippen LogP contribution in [0.25, 0.3) is 6.08 Å². The third kappa shape index (κ3) is 3.73. The van der Waals surface area contributed by atoms with Crippen LogP contribution in [0.1, 0.15) is 17.4 Å². The summed E-state index contributed by atoms with van der Waals surface area (Å²) in [7, 11) is 0. The molecule has 0 N–H and O–H groups in total. The summed E-state index contributed by atoms with van der Waals surface area (Å²) >= 11 is 1.59. The minimum atomic E-state index is -3.64. The fraction of sp³-hybridized carbons (Fsp3) is 0.235. The number of hydrogen-bond donors (Lipinski definition) is 0. The van der Waals surface area contributed by atoms with Crippen molar-refractivity contribution in [3.8, 4) is 11.5 Å². The Morgan fingerprint density at radius 3 is 2.79 bits per heavy atom. The average molecular weight is 351 g/mol. The number of carbonyl (C=O) groups excluding carboxylic acids is 1. The second-order valence-electron chi connectivity index (χ2n) is 5.14. The number of thiophene rings is 1. The number of benzene rings is 1. The van der Waals surface area contributed by atoms with Gasteiger partial charge in [-0.25, -0.2) is 0 Å². The van der Waals surface area contributed by atoms with E-state index in [4.69, 9.17) is 0 Å². The Hall–Kier alpha value is -2.41. The Bertz CT molecular complexity index is 759. The quantitative estimate of drug-likeness (QED) is 0.760. The van der Waals surface area contributed by atoms with Crippen molar-refractivity contribution in [2.45, 2.75) is 19.8 Å². The molecule has 0 radical (unpaired) electrons. The molecule has 0 atom stereocenters. The van der Waals surface area contributed by atoms with Crippen LogP contribution >= 0.6 is 11.3 Å². The largest absolute Gasteiger partial charge is 0.586 e. The summed E-state index contributed by atoms with van der Waals surface area (Å²) in [4.78, 5) is 15.1. The van der Waals surface area contributed by atoms with Crippen molar-refractivity contribution in [1.82, 2.24) is 4.90 Å². The Labute approximate surface area is 141 Å². The number of nitrogens with zero attached hydrogens (tertiary/aromatic N) is 1. The molecule has 0 saturated heterocycles. The molecule has 1 aliphatic rings. The van der Waals surface area contributed by atoms with Crippen LogP contribution in [0.2, 0.25) is 0 Å². The van der Waals surface area contributed by atoms with Gasteiger partial charge < -0.3 is 14.4 Å². The van der Waals surface area contributed by atoms with Gasteiger partial charge in [0.25, 0.3) is 0 Å². The van der Waals surface area contributed by atoms with Crippen molar-refractivity contribution >= 4 is 23.3 Å². The molecule has 0 aliphatic carbocycles. The lowest BCUT2D eigenvalue weighted by Gasteiger charge is -2.18. The standard InChI is InChI=1S/C17H15F2NO3S/c1-2-20(11-13-4-3-9-24-13)16(21)8-6-12-5-7-14-15(10-12)23-17(18,19)22-14/h3-10H,2,11H2,1H3/b8-6+. The van der Waals surface area contributed by atoms with Gasteiger partial charge in [0.2, 0.25) is 5.91 Å². The minimum Gasteiger partial charge on any atom is -0.395 e. The first-order valence-electron chi connectivity index (χ1n) is 7.36. The van der Waals surface area contributed by atoms with Crippen molar-refractivity contribution in [3.63, 3.8) is 0 Å². The maximum absolute atomic E-state index is 13.0. The van der Waals surface area contributed by atoms with Crippen LogP contribution in [0.3, 0.4) is 0 Å². The van der Waals surface area contributed by atoms with Crippen molar-refractivity contribution in [3.05, 3.63) is 52.2 Å². The summed E-state index contributed by atoms with van der Waals surface area (Å²) in [5.41, 5.74) is 0.579. The van der Waals surface area contributed by atoms with Crippen molar-refractivity contribution in [1.29, 1.82) is 0 Å². The van der Waals surface area contributed by atoms with E-state index in [9.17, 15) is 13.6 Å². The Morgan fingerprint density at radius 1 is 1.29 bits per heavy atom. The monoisotopic (exact) mass is 351 g/mol. The molecule has 1 aliphatic heterocycles. The molecule has 1 aromatic carbocycles. The Morgan fingerprint density at radius 2 is 2.08 bits per heavy atom. The highest BCUT2D eigenvalue weighted by molar-refractivity contribution is 7.09. The Kier molecular flexibility index (Phi) is 4.53. The number of ether oxygens (including phenoxy) is 2. The summed E-state index contributed by atoms with van der Waals surface area (Å²) in [6.07, 6.45) is -0.646. The summed E-state index contributed by atoms with van der Waals surface area (Å²) in [5, 5.41) is 1.96. The van der Waals surface area contributed by atoms with Gasteiger partial charge in [-0.3, -0.25) is 4.79 Å². The van der Waals surface area contributed by atoms with E-state index in [0.29, 0.717) is 18.7 Å². The van der Waals surface area contributed by atoms with Gasteiger partial charge in [-0.1, -0.05) is 12.1 Å². The number of rotatable bonds is 5. The van der Waals surface area contributed by atoms with Crippen molar-refractivity contribution in [2.75, 3.05) is 6.54 Å². The molecule has 4 nitrogen and oxygen atoms in total. The normalized spacial score (nSPS) is 15.0. The molecule has 1 amide bonds. The highest BCUT2D eigenvalue weighted by atomic mass is 32.1. The first kappa shape index (κ1) is 16.4. The molecule has 0 saturated carbocycles. The molecule has 3 rings (SSSR count). The van der Waals surface area contributed by atoms with Gasteiger partial charge in [-0.05, 0) is 42.1 Å². The van der Waals surface area contributed by atoms with Crippen molar-refractivity contribution < 1.29 is 23.0 Å². The lowest BCUT2D eigenvalue weighted by molar-refractivity contribution is -0.286. The highest BCUT2D eigenvalue weighted by Crippen LogP contribution is 2.41. The molecule has 0 spiro atoms. The first-order chi connectivity index (χ1) is 11.5. The van der Waals surface area contributed by atoms with Gasteiger partial charge in [0.05, 0.1) is 6.54 Å². The van der Waals surface area contributed by atoms with E-state index < -0.39 is 6.29 Å². The summed E-state index contributed by atoms with van der Waals surface area (Å²) < 4.78 is 34.7. The topological polar surface area (TPSA) is 38.8 Å². The SMILES string of the molecule is CCN(Cc1cccs1)C(=O)/C=C/c1ccc2c(c1)OC(F)(F)O2. The van der Waals surface area contributed by atoms with E-state index >= 15 is 0 Å². The van der Waals surface area contributed by atoms with E-state index in [1.54, 1.807) is 28.4 Å². The van der Waals surface area contributed by atoms with Gasteiger partial charge in [0.1, 0.15) is 0 Å². The molecule has 2 heterocycles. The molecular weight excluding hydrogens is 336 g/mol. The summed E-state index contributed by atoms with van der Waals surface area (Å²) in [6, 6.07) is 8.31. The second kappa shape index (κ2) is 6.60. The van der Waals surface area contributed by atoms with E-state index in [1.165, 1.54) is 18.2 Å². The fourth-order valence-corrected chi connectivity index (χ4v) is 3.00. The number of amides is 1. The van der Waals surface area contributed by atoms with E-state index in [2.05, 4.69) is 9.47 Å². The molecule has 0 fully saturated rings. The van der Waals surface area contributed by atoms with Crippen LogP contribution in [0.15, 0.2) is 41.8 Å². The summed E-state index contributed by atoms with van der Waals surface area (Å²) in [5.74, 6) is -0.203. The first-order valence-corrected chi connectivity index (χ1v) is 8.24. The van der Waals surface area contributed by atoms with Gasteiger partial charge in [0.15, 0.2) is 11.5 Å². The van der Waals surface area contributed by atoms with Crippen LogP contribution in [0.4, 0.5) is 8.78 Å². The predicted molar refractivity (Wildman–Crippen MR) is 87.1 cm³/mol. The molecule has 7 heteroatoms. The van der Waals surface area contributed by atoms with Crippen LogP contribution in [0, 0.1) is 0 Å². The van der Waals surface area contributed by atoms with Crippen molar-refractivity contribution in [2.24, 2.45) is 0 Å². The predicted octanol–water partition coefficient (Wildman–Crippen LogP) is 4.13. The van der Waals surface area contributed by atoms with Crippen LogP contribution in [0.5, 0.6) is 11.5 Å². The molecule has 2 aromatic rings. The van der Waals surface area contributed by atoms with E-state index in [0.717, 1.165) is 4.88 Å². The molecule has 0 bridgehead atoms. The average Bonchev–Trinajstić information content (AvgIpc) is 3.15. The number of halogens is 2. The highest BCUT2D eigenvalue weighted by Gasteiger charge is 2.43. The van der Waals surface area contributed by atoms with Gasteiger partial charge in [-0.15, -0.1) is 20.1 Å². The lowest BCUT2D eigenvalue weighted by atomic mass is 10.2. The number of fused-ring (bicyclic) bond motifs is 1. The molecule has 1 aromatic heterocycles. The zero-order valence-electron chi connectivity index (χ0n) is 12.9. The third-order valence-electron chi connectivity index (χ3n) is 3.46. The van der Waals surface area contributed by atoms with Crippen LogP contribution < -0.4 is 9.47 Å². The molecule has 126 valence electrons. The Balaban J connectivity index is 1.68. The van der Waals surface area contributed by atoms with Gasteiger partial charge >= 0.3 is 6.29 Å². The number of carbonyl (C=O) groups is 1. The van der Waals surface area contributed by atoms with E-state index in [1.807, 2.05) is 24.4 Å². The zero-order valence-corrected chi connectivity index (χ0v) is 13.7.